The SMILES string of the molecule is Cc1cc(F)cc(Nc2ncc(Nc3ccc(SC(F)(F)F)cc3F)cc2C(=O)NO)c1. The number of halogens is 5. The molecule has 0 saturated carbocycles. The number of benzene rings is 2. The Morgan fingerprint density at radius 3 is 2.41 bits per heavy atom. The van der Waals surface area contributed by atoms with Crippen molar-refractivity contribution in [1.29, 1.82) is 0 Å². The molecule has 1 amide bonds. The van der Waals surface area contributed by atoms with E-state index in [0.29, 0.717) is 11.3 Å². The summed E-state index contributed by atoms with van der Waals surface area (Å²) in [6.45, 7) is 1.67. The molecule has 3 rings (SSSR count). The first-order valence-corrected chi connectivity index (χ1v) is 9.67. The highest BCUT2D eigenvalue weighted by atomic mass is 32.2. The molecule has 0 aliphatic heterocycles. The van der Waals surface area contributed by atoms with Gasteiger partial charge < -0.3 is 10.6 Å². The summed E-state index contributed by atoms with van der Waals surface area (Å²) in [4.78, 5) is 15.8. The zero-order chi connectivity index (χ0) is 23.5. The average Bonchev–Trinajstić information content (AvgIpc) is 2.68. The Kier molecular flexibility index (Phi) is 6.84. The van der Waals surface area contributed by atoms with Crippen LogP contribution in [0.4, 0.5) is 44.8 Å². The topological polar surface area (TPSA) is 86.3 Å². The van der Waals surface area contributed by atoms with Gasteiger partial charge in [0.25, 0.3) is 5.91 Å². The second-order valence-corrected chi connectivity index (χ2v) is 7.66. The first-order valence-electron chi connectivity index (χ1n) is 8.85. The third-order valence-electron chi connectivity index (χ3n) is 3.99. The van der Waals surface area contributed by atoms with E-state index in [1.165, 1.54) is 29.9 Å². The Hall–Kier alpha value is -3.38. The van der Waals surface area contributed by atoms with E-state index >= 15 is 0 Å². The van der Waals surface area contributed by atoms with Crippen LogP contribution in [0.3, 0.4) is 0 Å². The van der Waals surface area contributed by atoms with Gasteiger partial charge in [-0.05, 0) is 66.7 Å². The minimum atomic E-state index is -4.55. The third-order valence-corrected chi connectivity index (χ3v) is 4.71. The highest BCUT2D eigenvalue weighted by molar-refractivity contribution is 8.00. The van der Waals surface area contributed by atoms with Crippen LogP contribution in [-0.4, -0.2) is 21.6 Å². The molecule has 32 heavy (non-hydrogen) atoms. The molecule has 168 valence electrons. The number of rotatable bonds is 6. The Bertz CT molecular complexity index is 1140. The van der Waals surface area contributed by atoms with Gasteiger partial charge in [-0.25, -0.2) is 19.2 Å². The summed E-state index contributed by atoms with van der Waals surface area (Å²) in [5.74, 6) is -2.44. The van der Waals surface area contributed by atoms with E-state index in [1.807, 2.05) is 0 Å². The number of aryl methyl sites for hydroxylation is 1. The fourth-order valence-corrected chi connectivity index (χ4v) is 3.33. The number of nitrogens with zero attached hydrogens (tertiary/aromatic N) is 1. The van der Waals surface area contributed by atoms with Crippen molar-refractivity contribution in [2.45, 2.75) is 17.3 Å². The maximum Gasteiger partial charge on any atom is 0.446 e. The number of carbonyl (C=O) groups is 1. The molecule has 1 heterocycles. The lowest BCUT2D eigenvalue weighted by atomic mass is 10.2. The maximum absolute atomic E-state index is 14.2. The number of aromatic nitrogens is 1. The van der Waals surface area contributed by atoms with Crippen LogP contribution in [-0.2, 0) is 0 Å². The number of hydrogen-bond acceptors (Lipinski definition) is 6. The summed E-state index contributed by atoms with van der Waals surface area (Å²) in [6, 6.07) is 8.23. The fourth-order valence-electron chi connectivity index (χ4n) is 2.76. The Balaban J connectivity index is 1.88. The number of thioether (sulfide) groups is 1. The molecule has 0 unspecified atom stereocenters. The Morgan fingerprint density at radius 1 is 1.03 bits per heavy atom. The molecule has 0 aliphatic carbocycles. The van der Waals surface area contributed by atoms with Crippen molar-refractivity contribution >= 4 is 40.5 Å². The zero-order valence-electron chi connectivity index (χ0n) is 16.2. The molecular weight excluding hydrogens is 455 g/mol. The van der Waals surface area contributed by atoms with Gasteiger partial charge in [0.05, 0.1) is 23.1 Å². The quantitative estimate of drug-likeness (QED) is 0.156. The number of anilines is 4. The van der Waals surface area contributed by atoms with Crippen LogP contribution in [0.15, 0.2) is 53.6 Å². The molecule has 4 N–H and O–H groups in total. The molecule has 0 spiro atoms. The van der Waals surface area contributed by atoms with Gasteiger partial charge in [-0.15, -0.1) is 0 Å². The summed E-state index contributed by atoms with van der Waals surface area (Å²) in [5, 5.41) is 14.4. The molecule has 1 aromatic heterocycles. The monoisotopic (exact) mass is 470 g/mol. The molecule has 0 saturated heterocycles. The van der Waals surface area contributed by atoms with Crippen LogP contribution in [0.5, 0.6) is 0 Å². The van der Waals surface area contributed by atoms with Gasteiger partial charge in [0.15, 0.2) is 0 Å². The standard InChI is InChI=1S/C20H15F5N4O2S/c1-10-4-11(21)6-12(5-10)28-18-15(19(30)29-31)7-13(9-26-18)27-17-3-2-14(8-16(17)22)32-20(23,24)25/h2-9,27,31H,1H3,(H,26,28)(H,29,30). The van der Waals surface area contributed by atoms with Gasteiger partial charge in [-0.2, -0.15) is 13.2 Å². The number of amides is 1. The van der Waals surface area contributed by atoms with Crippen LogP contribution < -0.4 is 16.1 Å². The van der Waals surface area contributed by atoms with Crippen molar-refractivity contribution in [3.63, 3.8) is 0 Å². The lowest BCUT2D eigenvalue weighted by Crippen LogP contribution is -2.20. The summed E-state index contributed by atoms with van der Waals surface area (Å²) >= 11 is -0.452. The molecule has 0 radical (unpaired) electrons. The van der Waals surface area contributed by atoms with Crippen LogP contribution in [0.25, 0.3) is 0 Å². The second kappa shape index (κ2) is 9.40. The van der Waals surface area contributed by atoms with Crippen molar-refractivity contribution in [1.82, 2.24) is 10.5 Å². The number of nitrogens with one attached hydrogen (secondary N) is 3. The molecular formula is C20H15F5N4O2S. The molecule has 0 bridgehead atoms. The van der Waals surface area contributed by atoms with Crippen molar-refractivity contribution in [3.8, 4) is 0 Å². The fraction of sp³-hybridized carbons (Fsp3) is 0.100. The van der Waals surface area contributed by atoms with E-state index in [0.717, 1.165) is 18.2 Å². The molecule has 0 aliphatic rings. The minimum Gasteiger partial charge on any atom is -0.352 e. The van der Waals surface area contributed by atoms with Crippen molar-refractivity contribution < 1.29 is 32.0 Å². The summed E-state index contributed by atoms with van der Waals surface area (Å²) in [5.41, 5.74) is -2.40. The van der Waals surface area contributed by atoms with Crippen molar-refractivity contribution in [3.05, 3.63) is 71.4 Å². The average molecular weight is 470 g/mol. The van der Waals surface area contributed by atoms with E-state index in [9.17, 15) is 26.7 Å². The summed E-state index contributed by atoms with van der Waals surface area (Å²) in [7, 11) is 0. The van der Waals surface area contributed by atoms with Crippen molar-refractivity contribution in [2.75, 3.05) is 10.6 Å². The van der Waals surface area contributed by atoms with Gasteiger partial charge in [0.2, 0.25) is 0 Å². The third kappa shape index (κ3) is 6.08. The Labute approximate surface area is 182 Å². The number of hydrogen-bond donors (Lipinski definition) is 4. The second-order valence-electron chi connectivity index (χ2n) is 6.52. The van der Waals surface area contributed by atoms with Gasteiger partial charge in [-0.1, -0.05) is 0 Å². The highest BCUT2D eigenvalue weighted by Gasteiger charge is 2.29. The number of hydroxylamine groups is 1. The van der Waals surface area contributed by atoms with Gasteiger partial charge in [0, 0.05) is 10.6 Å². The first kappa shape index (κ1) is 23.3. The largest absolute Gasteiger partial charge is 0.446 e. The number of alkyl halides is 3. The zero-order valence-corrected chi connectivity index (χ0v) is 17.0. The Morgan fingerprint density at radius 2 is 1.78 bits per heavy atom. The lowest BCUT2D eigenvalue weighted by Gasteiger charge is -2.14. The lowest BCUT2D eigenvalue weighted by molar-refractivity contribution is -0.0328. The predicted octanol–water partition coefficient (Wildman–Crippen LogP) is 5.89. The van der Waals surface area contributed by atoms with Gasteiger partial charge in [-0.3, -0.25) is 10.0 Å². The van der Waals surface area contributed by atoms with E-state index in [4.69, 9.17) is 5.21 Å². The molecule has 2 aromatic carbocycles. The summed E-state index contributed by atoms with van der Waals surface area (Å²) in [6.07, 6.45) is 1.22. The predicted molar refractivity (Wildman–Crippen MR) is 110 cm³/mol. The van der Waals surface area contributed by atoms with Crippen molar-refractivity contribution in [2.24, 2.45) is 0 Å². The van der Waals surface area contributed by atoms with Crippen LogP contribution in [0.1, 0.15) is 15.9 Å². The van der Waals surface area contributed by atoms with Gasteiger partial charge in [0.1, 0.15) is 17.5 Å². The molecule has 0 atom stereocenters. The number of pyridine rings is 1. The molecule has 3 aromatic rings. The molecule has 0 fully saturated rings. The number of carbonyl (C=O) groups excluding carboxylic acids is 1. The minimum absolute atomic E-state index is 0.0236. The highest BCUT2D eigenvalue weighted by Crippen LogP contribution is 2.38. The van der Waals surface area contributed by atoms with Crippen LogP contribution >= 0.6 is 11.8 Å². The van der Waals surface area contributed by atoms with Crippen LogP contribution in [0, 0.1) is 18.6 Å². The summed E-state index contributed by atoms with van der Waals surface area (Å²) < 4.78 is 65.2. The van der Waals surface area contributed by atoms with E-state index in [-0.39, 0.29) is 27.7 Å². The first-order chi connectivity index (χ1) is 15.0. The van der Waals surface area contributed by atoms with E-state index < -0.39 is 34.8 Å². The van der Waals surface area contributed by atoms with Crippen LogP contribution in [0.2, 0.25) is 0 Å². The molecule has 6 nitrogen and oxygen atoms in total. The van der Waals surface area contributed by atoms with Gasteiger partial charge >= 0.3 is 5.51 Å². The normalized spacial score (nSPS) is 11.2. The van der Waals surface area contributed by atoms with E-state index in [1.54, 1.807) is 13.0 Å². The molecule has 12 heteroatoms. The smallest absolute Gasteiger partial charge is 0.352 e. The maximum atomic E-state index is 14.2. The van der Waals surface area contributed by atoms with E-state index in [2.05, 4.69) is 15.6 Å².